The van der Waals surface area contributed by atoms with Crippen LogP contribution in [0.25, 0.3) is 0 Å². The normalized spacial score (nSPS) is 26.9. The summed E-state index contributed by atoms with van der Waals surface area (Å²) in [5, 5.41) is -0.306. The predicted octanol–water partition coefficient (Wildman–Crippen LogP) is 1.69. The summed E-state index contributed by atoms with van der Waals surface area (Å²) in [6.45, 7) is 3.80. The summed E-state index contributed by atoms with van der Waals surface area (Å²) in [7, 11) is 0. The van der Waals surface area contributed by atoms with E-state index in [-0.39, 0.29) is 5.37 Å². The second-order valence-electron chi connectivity index (χ2n) is 2.59. The second kappa shape index (κ2) is 2.56. The third-order valence-electron chi connectivity index (χ3n) is 1.67. The summed E-state index contributed by atoms with van der Waals surface area (Å²) in [6, 6.07) is 0. The molecule has 1 amide bonds. The molecule has 1 saturated heterocycles. The minimum Gasteiger partial charge on any atom is -0.329 e. The van der Waals surface area contributed by atoms with Gasteiger partial charge in [-0.2, -0.15) is 0 Å². The molecule has 1 aliphatic rings. The maximum atomic E-state index is 10.5. The highest BCUT2D eigenvalue weighted by atomic mass is 35.5. The highest BCUT2D eigenvalue weighted by Crippen LogP contribution is 2.15. The summed E-state index contributed by atoms with van der Waals surface area (Å²) in [4.78, 5) is 12.2. The van der Waals surface area contributed by atoms with Crippen LogP contribution >= 0.6 is 11.6 Å². The van der Waals surface area contributed by atoms with Crippen molar-refractivity contribution in [1.29, 1.82) is 0 Å². The highest BCUT2D eigenvalue weighted by Gasteiger charge is 2.21. The Balaban J connectivity index is 2.39. The van der Waals surface area contributed by atoms with E-state index in [0.717, 1.165) is 19.5 Å². The lowest BCUT2D eigenvalue weighted by Gasteiger charge is -2.09. The van der Waals surface area contributed by atoms with E-state index in [0.29, 0.717) is 5.92 Å². The Morgan fingerprint density at radius 3 is 2.67 bits per heavy atom. The zero-order chi connectivity index (χ0) is 6.85. The summed E-state index contributed by atoms with van der Waals surface area (Å²) >= 11 is 5.24. The van der Waals surface area contributed by atoms with Crippen LogP contribution in [-0.2, 0) is 0 Å². The lowest BCUT2D eigenvalue weighted by molar-refractivity contribution is 0.231. The van der Waals surface area contributed by atoms with Gasteiger partial charge in [0.05, 0.1) is 0 Å². The molecule has 1 fully saturated rings. The predicted molar refractivity (Wildman–Crippen MR) is 36.6 cm³/mol. The molecule has 0 spiro atoms. The van der Waals surface area contributed by atoms with Crippen molar-refractivity contribution < 1.29 is 4.79 Å². The van der Waals surface area contributed by atoms with E-state index in [1.54, 1.807) is 4.90 Å². The number of rotatable bonds is 0. The van der Waals surface area contributed by atoms with Crippen LogP contribution < -0.4 is 0 Å². The van der Waals surface area contributed by atoms with E-state index in [1.165, 1.54) is 0 Å². The van der Waals surface area contributed by atoms with E-state index in [2.05, 4.69) is 6.92 Å². The first-order valence-electron chi connectivity index (χ1n) is 3.14. The molecule has 0 unspecified atom stereocenters. The molecule has 1 heterocycles. The first kappa shape index (κ1) is 6.87. The topological polar surface area (TPSA) is 20.3 Å². The van der Waals surface area contributed by atoms with Crippen molar-refractivity contribution in [3.63, 3.8) is 0 Å². The van der Waals surface area contributed by atoms with Crippen LogP contribution in [0, 0.1) is 5.92 Å². The molecule has 9 heavy (non-hydrogen) atoms. The van der Waals surface area contributed by atoms with Gasteiger partial charge in [-0.15, -0.1) is 0 Å². The van der Waals surface area contributed by atoms with Gasteiger partial charge in [0.2, 0.25) is 0 Å². The molecule has 1 rings (SSSR count). The number of carbonyl (C=O) groups is 1. The van der Waals surface area contributed by atoms with Crippen molar-refractivity contribution in [2.75, 3.05) is 13.1 Å². The van der Waals surface area contributed by atoms with E-state index in [1.807, 2.05) is 0 Å². The molecule has 3 heteroatoms. The molecule has 1 atom stereocenters. The van der Waals surface area contributed by atoms with Crippen LogP contribution in [0.4, 0.5) is 4.79 Å². The van der Waals surface area contributed by atoms with Gasteiger partial charge in [-0.25, -0.2) is 0 Å². The summed E-state index contributed by atoms with van der Waals surface area (Å²) in [5.74, 6) is 0.632. The number of likely N-dealkylation sites (tertiary alicyclic amines) is 1. The molecule has 2 nitrogen and oxygen atoms in total. The fourth-order valence-corrected chi connectivity index (χ4v) is 1.25. The maximum Gasteiger partial charge on any atom is 0.316 e. The van der Waals surface area contributed by atoms with Gasteiger partial charge >= 0.3 is 5.37 Å². The molecule has 1 aliphatic heterocycles. The Labute approximate surface area is 59.8 Å². The van der Waals surface area contributed by atoms with Gasteiger partial charge in [0.25, 0.3) is 0 Å². The van der Waals surface area contributed by atoms with E-state index < -0.39 is 0 Å². The monoisotopic (exact) mass is 147 g/mol. The van der Waals surface area contributed by atoms with Crippen LogP contribution in [0.15, 0.2) is 0 Å². The molecule has 0 bridgehead atoms. The summed E-state index contributed by atoms with van der Waals surface area (Å²) in [6.07, 6.45) is 1.10. The van der Waals surface area contributed by atoms with E-state index >= 15 is 0 Å². The number of halogens is 1. The minimum absolute atomic E-state index is 0.306. The van der Waals surface area contributed by atoms with Crippen LogP contribution in [-0.4, -0.2) is 23.4 Å². The zero-order valence-electron chi connectivity index (χ0n) is 5.43. The summed E-state index contributed by atoms with van der Waals surface area (Å²) < 4.78 is 0. The first-order valence-corrected chi connectivity index (χ1v) is 3.52. The number of nitrogens with zero attached hydrogens (tertiary/aromatic N) is 1. The van der Waals surface area contributed by atoms with Crippen molar-refractivity contribution in [3.05, 3.63) is 0 Å². The van der Waals surface area contributed by atoms with Gasteiger partial charge in [0.15, 0.2) is 0 Å². The first-order chi connectivity index (χ1) is 4.20. The smallest absolute Gasteiger partial charge is 0.316 e. The van der Waals surface area contributed by atoms with Gasteiger partial charge in [0, 0.05) is 13.1 Å². The van der Waals surface area contributed by atoms with Crippen molar-refractivity contribution in [1.82, 2.24) is 4.90 Å². The average molecular weight is 148 g/mol. The number of amides is 1. The Morgan fingerprint density at radius 1 is 1.78 bits per heavy atom. The standard InChI is InChI=1S/C6H10ClNO/c1-5-2-3-8(4-5)6(7)9/h5H,2-4H2,1H3/t5-/m1/s1. The Kier molecular flexibility index (Phi) is 1.96. The van der Waals surface area contributed by atoms with Gasteiger partial charge < -0.3 is 4.90 Å². The molecule has 0 aromatic heterocycles. The van der Waals surface area contributed by atoms with Crippen molar-refractivity contribution in [2.45, 2.75) is 13.3 Å². The molecule has 0 N–H and O–H groups in total. The lowest BCUT2D eigenvalue weighted by Crippen LogP contribution is -2.22. The lowest BCUT2D eigenvalue weighted by atomic mass is 10.2. The Hall–Kier alpha value is -0.240. The molecular formula is C6H10ClNO. The van der Waals surface area contributed by atoms with Crippen molar-refractivity contribution in [3.8, 4) is 0 Å². The quantitative estimate of drug-likeness (QED) is 0.377. The maximum absolute atomic E-state index is 10.5. The van der Waals surface area contributed by atoms with Crippen LogP contribution in [0.5, 0.6) is 0 Å². The molecule has 0 aromatic rings. The van der Waals surface area contributed by atoms with Crippen molar-refractivity contribution >= 4 is 17.0 Å². The molecule has 0 radical (unpaired) electrons. The molecular weight excluding hydrogens is 138 g/mol. The van der Waals surface area contributed by atoms with Crippen LogP contribution in [0.2, 0.25) is 0 Å². The second-order valence-corrected chi connectivity index (χ2v) is 2.92. The number of carbonyl (C=O) groups excluding carboxylic acids is 1. The zero-order valence-corrected chi connectivity index (χ0v) is 6.19. The van der Waals surface area contributed by atoms with Gasteiger partial charge in [-0.1, -0.05) is 6.92 Å². The Morgan fingerprint density at radius 2 is 2.44 bits per heavy atom. The Bertz CT molecular complexity index is 126. The SMILES string of the molecule is C[C@@H]1CCN(C(=O)Cl)C1. The van der Waals surface area contributed by atoms with E-state index in [4.69, 9.17) is 11.6 Å². The number of hydrogen-bond acceptors (Lipinski definition) is 1. The minimum atomic E-state index is -0.306. The average Bonchev–Trinajstić information content (AvgIpc) is 2.14. The van der Waals surface area contributed by atoms with Gasteiger partial charge in [-0.3, -0.25) is 4.79 Å². The van der Waals surface area contributed by atoms with Crippen molar-refractivity contribution in [2.24, 2.45) is 5.92 Å². The molecule has 0 saturated carbocycles. The van der Waals surface area contributed by atoms with Crippen LogP contribution in [0.3, 0.4) is 0 Å². The highest BCUT2D eigenvalue weighted by molar-refractivity contribution is 6.62. The third kappa shape index (κ3) is 1.58. The van der Waals surface area contributed by atoms with Gasteiger partial charge in [0.1, 0.15) is 0 Å². The molecule has 0 aliphatic carbocycles. The largest absolute Gasteiger partial charge is 0.329 e. The third-order valence-corrected chi connectivity index (χ3v) is 1.91. The van der Waals surface area contributed by atoms with Gasteiger partial charge in [-0.05, 0) is 23.9 Å². The summed E-state index contributed by atoms with van der Waals surface area (Å²) in [5.41, 5.74) is 0. The molecule has 0 aromatic carbocycles. The fourth-order valence-electron chi connectivity index (χ4n) is 1.09. The molecule has 52 valence electrons. The number of hydrogen-bond donors (Lipinski definition) is 0. The fraction of sp³-hybridized carbons (Fsp3) is 0.833. The van der Waals surface area contributed by atoms with E-state index in [9.17, 15) is 4.79 Å². The van der Waals surface area contributed by atoms with Crippen LogP contribution in [0.1, 0.15) is 13.3 Å².